The number of carbonyl (C=O) groups is 1. The van der Waals surface area contributed by atoms with Crippen molar-refractivity contribution in [3.8, 4) is 5.75 Å². The third-order valence-corrected chi connectivity index (χ3v) is 3.22. The molecule has 0 spiro atoms. The van der Waals surface area contributed by atoms with Crippen LogP contribution < -0.4 is 10.5 Å². The van der Waals surface area contributed by atoms with E-state index in [2.05, 4.69) is 0 Å². The minimum absolute atomic E-state index is 0.0390. The second-order valence-corrected chi connectivity index (χ2v) is 4.87. The van der Waals surface area contributed by atoms with Gasteiger partial charge in [0.25, 0.3) is 0 Å². The molecule has 0 radical (unpaired) electrons. The number of rotatable bonds is 7. The van der Waals surface area contributed by atoms with Gasteiger partial charge < -0.3 is 15.4 Å². The van der Waals surface area contributed by atoms with Crippen molar-refractivity contribution in [2.45, 2.75) is 25.8 Å². The number of halogens is 1. The van der Waals surface area contributed by atoms with Crippen LogP contribution in [-0.2, 0) is 4.79 Å². The van der Waals surface area contributed by atoms with Gasteiger partial charge in [0.2, 0.25) is 5.91 Å². The maximum atomic E-state index is 11.8. The number of carbonyl (C=O) groups excluding carboxylic acids is 1. The van der Waals surface area contributed by atoms with Gasteiger partial charge in [-0.2, -0.15) is 0 Å². The summed E-state index contributed by atoms with van der Waals surface area (Å²) in [6, 6.07) is 7.20. The van der Waals surface area contributed by atoms with E-state index in [1.807, 2.05) is 19.1 Å². The molecule has 19 heavy (non-hydrogen) atoms. The van der Waals surface area contributed by atoms with Crippen molar-refractivity contribution in [2.75, 3.05) is 20.2 Å². The van der Waals surface area contributed by atoms with Crippen molar-refractivity contribution >= 4 is 17.5 Å². The molecule has 5 heteroatoms. The minimum atomic E-state index is -0.0700. The zero-order chi connectivity index (χ0) is 14.3. The van der Waals surface area contributed by atoms with Crippen molar-refractivity contribution in [2.24, 2.45) is 5.73 Å². The largest absolute Gasteiger partial charge is 0.490 e. The molecule has 0 saturated heterocycles. The number of nitrogens with two attached hydrogens (primary N) is 1. The predicted molar refractivity (Wildman–Crippen MR) is 77.5 cm³/mol. The molecular weight excluding hydrogens is 264 g/mol. The van der Waals surface area contributed by atoms with E-state index < -0.39 is 0 Å². The number of nitrogens with zero attached hydrogens (tertiary/aromatic N) is 1. The molecule has 0 heterocycles. The van der Waals surface area contributed by atoms with E-state index in [0.29, 0.717) is 30.3 Å². The fraction of sp³-hybridized carbons (Fsp3) is 0.500. The third-order valence-electron chi connectivity index (χ3n) is 2.91. The van der Waals surface area contributed by atoms with E-state index in [1.165, 1.54) is 0 Å². The van der Waals surface area contributed by atoms with E-state index in [9.17, 15) is 4.79 Å². The van der Waals surface area contributed by atoms with Gasteiger partial charge >= 0.3 is 0 Å². The average molecular weight is 285 g/mol. The van der Waals surface area contributed by atoms with Gasteiger partial charge in [-0.3, -0.25) is 4.79 Å². The Balaban J connectivity index is 2.33. The standard InChI is InChI=1S/C14H21ClN2O2/c1-3-11(16)10-14(18)17(2)8-9-19-13-7-5-4-6-12(13)15/h4-7,11H,3,8-10,16H2,1-2H3. The van der Waals surface area contributed by atoms with Gasteiger partial charge in [-0.25, -0.2) is 0 Å². The molecule has 2 N–H and O–H groups in total. The first-order valence-corrected chi connectivity index (χ1v) is 6.79. The van der Waals surface area contributed by atoms with Crippen molar-refractivity contribution in [1.29, 1.82) is 0 Å². The Bertz CT molecular complexity index is 412. The summed E-state index contributed by atoms with van der Waals surface area (Å²) < 4.78 is 5.53. The number of benzene rings is 1. The van der Waals surface area contributed by atoms with Crippen LogP contribution in [0, 0.1) is 0 Å². The van der Waals surface area contributed by atoms with Gasteiger partial charge in [0.1, 0.15) is 12.4 Å². The molecule has 1 aromatic carbocycles. The van der Waals surface area contributed by atoms with Crippen LogP contribution in [0.25, 0.3) is 0 Å². The molecule has 0 aliphatic heterocycles. The maximum absolute atomic E-state index is 11.8. The van der Waals surface area contributed by atoms with Crippen LogP contribution in [0.4, 0.5) is 0 Å². The molecule has 0 aliphatic carbocycles. The molecule has 1 unspecified atom stereocenters. The predicted octanol–water partition coefficient (Wildman–Crippen LogP) is 2.30. The molecule has 106 valence electrons. The van der Waals surface area contributed by atoms with Crippen LogP contribution in [0.15, 0.2) is 24.3 Å². The summed E-state index contributed by atoms with van der Waals surface area (Å²) in [6.45, 7) is 2.90. The highest BCUT2D eigenvalue weighted by atomic mass is 35.5. The van der Waals surface area contributed by atoms with Crippen LogP contribution in [0.5, 0.6) is 5.75 Å². The molecular formula is C14H21ClN2O2. The van der Waals surface area contributed by atoms with Crippen molar-refractivity contribution in [1.82, 2.24) is 4.90 Å². The molecule has 4 nitrogen and oxygen atoms in total. The van der Waals surface area contributed by atoms with Gasteiger partial charge in [-0.1, -0.05) is 30.7 Å². The molecule has 1 amide bonds. The SMILES string of the molecule is CCC(N)CC(=O)N(C)CCOc1ccccc1Cl. The van der Waals surface area contributed by atoms with Gasteiger partial charge in [-0.05, 0) is 18.6 Å². The lowest BCUT2D eigenvalue weighted by Crippen LogP contribution is -2.35. The first kappa shape index (κ1) is 15.8. The molecule has 1 aromatic rings. The van der Waals surface area contributed by atoms with Gasteiger partial charge in [0.05, 0.1) is 11.6 Å². The summed E-state index contributed by atoms with van der Waals surface area (Å²) >= 11 is 5.97. The van der Waals surface area contributed by atoms with Crippen molar-refractivity contribution in [3.63, 3.8) is 0 Å². The molecule has 1 atom stereocenters. The minimum Gasteiger partial charge on any atom is -0.490 e. The highest BCUT2D eigenvalue weighted by Gasteiger charge is 2.12. The fourth-order valence-electron chi connectivity index (χ4n) is 1.50. The summed E-state index contributed by atoms with van der Waals surface area (Å²) in [5.41, 5.74) is 5.76. The second-order valence-electron chi connectivity index (χ2n) is 4.47. The summed E-state index contributed by atoms with van der Waals surface area (Å²) in [7, 11) is 1.75. The molecule has 1 rings (SSSR count). The van der Waals surface area contributed by atoms with Crippen LogP contribution in [0.3, 0.4) is 0 Å². The first-order chi connectivity index (χ1) is 9.04. The summed E-state index contributed by atoms with van der Waals surface area (Å²) in [5.74, 6) is 0.674. The Hall–Kier alpha value is -1.26. The molecule has 0 aliphatic rings. The Morgan fingerprint density at radius 1 is 1.47 bits per heavy atom. The number of hydrogen-bond donors (Lipinski definition) is 1. The van der Waals surface area contributed by atoms with Crippen molar-refractivity contribution in [3.05, 3.63) is 29.3 Å². The topological polar surface area (TPSA) is 55.6 Å². The Kier molecular flexibility index (Phi) is 6.67. The van der Waals surface area contributed by atoms with Gasteiger partial charge in [-0.15, -0.1) is 0 Å². The highest BCUT2D eigenvalue weighted by Crippen LogP contribution is 2.22. The highest BCUT2D eigenvalue weighted by molar-refractivity contribution is 6.32. The number of likely N-dealkylation sites (N-methyl/N-ethyl adjacent to an activating group) is 1. The Morgan fingerprint density at radius 3 is 2.79 bits per heavy atom. The van der Waals surface area contributed by atoms with Gasteiger partial charge in [0, 0.05) is 19.5 Å². The normalized spacial score (nSPS) is 12.0. The Labute approximate surface area is 119 Å². The number of ether oxygens (including phenoxy) is 1. The van der Waals surface area contributed by atoms with Crippen LogP contribution in [0.1, 0.15) is 19.8 Å². The van der Waals surface area contributed by atoms with Crippen LogP contribution in [-0.4, -0.2) is 37.0 Å². The van der Waals surface area contributed by atoms with E-state index in [-0.39, 0.29) is 11.9 Å². The summed E-state index contributed by atoms with van der Waals surface area (Å²) in [5, 5.41) is 0.574. The third kappa shape index (κ3) is 5.49. The summed E-state index contributed by atoms with van der Waals surface area (Å²) in [4.78, 5) is 13.4. The Morgan fingerprint density at radius 2 is 2.16 bits per heavy atom. The lowest BCUT2D eigenvalue weighted by molar-refractivity contribution is -0.130. The molecule has 0 bridgehead atoms. The van der Waals surface area contributed by atoms with Crippen LogP contribution in [0.2, 0.25) is 5.02 Å². The van der Waals surface area contributed by atoms with Crippen LogP contribution >= 0.6 is 11.6 Å². The average Bonchev–Trinajstić information content (AvgIpc) is 2.40. The zero-order valence-electron chi connectivity index (χ0n) is 11.4. The monoisotopic (exact) mass is 284 g/mol. The van der Waals surface area contributed by atoms with E-state index in [1.54, 1.807) is 24.1 Å². The lowest BCUT2D eigenvalue weighted by Gasteiger charge is -2.19. The smallest absolute Gasteiger partial charge is 0.223 e. The number of hydrogen-bond acceptors (Lipinski definition) is 3. The summed E-state index contributed by atoms with van der Waals surface area (Å²) in [6.07, 6.45) is 1.18. The van der Waals surface area contributed by atoms with E-state index in [4.69, 9.17) is 22.1 Å². The van der Waals surface area contributed by atoms with E-state index in [0.717, 1.165) is 6.42 Å². The van der Waals surface area contributed by atoms with Crippen molar-refractivity contribution < 1.29 is 9.53 Å². The number of amides is 1. The zero-order valence-corrected chi connectivity index (χ0v) is 12.2. The van der Waals surface area contributed by atoms with E-state index >= 15 is 0 Å². The quantitative estimate of drug-likeness (QED) is 0.836. The molecule has 0 fully saturated rings. The second kappa shape index (κ2) is 8.02. The van der Waals surface area contributed by atoms with Gasteiger partial charge in [0.15, 0.2) is 0 Å². The fourth-order valence-corrected chi connectivity index (χ4v) is 1.69. The lowest BCUT2D eigenvalue weighted by atomic mass is 10.1. The molecule has 0 saturated carbocycles. The first-order valence-electron chi connectivity index (χ1n) is 6.41. The number of para-hydroxylation sites is 1. The maximum Gasteiger partial charge on any atom is 0.223 e. The molecule has 0 aromatic heterocycles.